The molecule has 0 radical (unpaired) electrons. The summed E-state index contributed by atoms with van der Waals surface area (Å²) in [7, 11) is 0. The van der Waals surface area contributed by atoms with Gasteiger partial charge in [-0.05, 0) is 6.42 Å². The molecule has 0 saturated carbocycles. The summed E-state index contributed by atoms with van der Waals surface area (Å²) < 4.78 is 109. The van der Waals surface area contributed by atoms with Crippen LogP contribution in [0.1, 0.15) is 41.5 Å². The number of anilines is 1. The minimum absolute atomic E-state index is 0.148. The first kappa shape index (κ1) is 23.2. The molecule has 3 aromatic rings. The lowest BCUT2D eigenvalue weighted by Crippen LogP contribution is -2.20. The number of carbonyl (C=O) groups is 1. The summed E-state index contributed by atoms with van der Waals surface area (Å²) >= 11 is 0. The molecule has 1 N–H and O–H groups in total. The van der Waals surface area contributed by atoms with Gasteiger partial charge in [0.25, 0.3) is 12.3 Å². The number of aryl methyl sites for hydroxylation is 1. The number of carbonyl (C=O) groups excluding carboxylic acids is 1. The van der Waals surface area contributed by atoms with E-state index in [0.717, 1.165) is 10.9 Å². The van der Waals surface area contributed by atoms with Gasteiger partial charge in [0.1, 0.15) is 17.2 Å². The second-order valence-corrected chi connectivity index (χ2v) is 6.48. The van der Waals surface area contributed by atoms with Crippen LogP contribution in [0.5, 0.6) is 0 Å². The molecule has 0 saturated heterocycles. The van der Waals surface area contributed by atoms with Gasteiger partial charge >= 0.3 is 6.18 Å². The van der Waals surface area contributed by atoms with Gasteiger partial charge in [-0.15, -0.1) is 0 Å². The van der Waals surface area contributed by atoms with Gasteiger partial charge < -0.3 is 5.32 Å². The number of aromatic nitrogens is 4. The van der Waals surface area contributed by atoms with Gasteiger partial charge in [0.15, 0.2) is 17.3 Å². The summed E-state index contributed by atoms with van der Waals surface area (Å²) in [6.07, 6.45) is -6.64. The normalized spacial score (nSPS) is 11.9. The third-order valence-electron chi connectivity index (χ3n) is 4.17. The maximum absolute atomic E-state index is 14.0. The van der Waals surface area contributed by atoms with Gasteiger partial charge in [-0.2, -0.15) is 23.4 Å². The molecular weight excluding hydrogens is 454 g/mol. The predicted octanol–water partition coefficient (Wildman–Crippen LogP) is 5.10. The van der Waals surface area contributed by atoms with Crippen molar-refractivity contribution in [2.24, 2.45) is 0 Å². The zero-order chi connectivity index (χ0) is 23.8. The van der Waals surface area contributed by atoms with Crippen LogP contribution in [-0.2, 0) is 12.7 Å². The topological polar surface area (TPSA) is 64.7 Å². The zero-order valence-electron chi connectivity index (χ0n) is 16.0. The lowest BCUT2D eigenvalue weighted by molar-refractivity contribution is -0.142. The number of rotatable bonds is 6. The zero-order valence-corrected chi connectivity index (χ0v) is 16.0. The predicted molar refractivity (Wildman–Crippen MR) is 93.9 cm³/mol. The molecule has 0 fully saturated rings. The standard InChI is InChI=1S/C18H13F8N5O/c1-2-3-30-7-9(13(29-30)16(22)23)17(32)28-12-6-27-31(15(12)18(24,25)26)14-10(20)4-8(19)5-11(14)21/h4-7,16H,2-3H2,1H3,(H,28,32). The van der Waals surface area contributed by atoms with E-state index in [9.17, 15) is 39.9 Å². The van der Waals surface area contributed by atoms with Gasteiger partial charge in [-0.25, -0.2) is 26.6 Å². The lowest BCUT2D eigenvalue weighted by Gasteiger charge is -2.14. The molecular formula is C18H13F8N5O. The highest BCUT2D eigenvalue weighted by Crippen LogP contribution is 2.37. The third kappa shape index (κ3) is 4.43. The van der Waals surface area contributed by atoms with Crippen LogP contribution < -0.4 is 5.32 Å². The number of halogens is 8. The SMILES string of the molecule is CCCn1cc(C(=O)Nc2cnn(-c3c(F)cc(F)cc3F)c2C(F)(F)F)c(C(F)F)n1. The van der Waals surface area contributed by atoms with E-state index in [-0.39, 0.29) is 23.4 Å². The van der Waals surface area contributed by atoms with Crippen molar-refractivity contribution in [3.05, 3.63) is 58.9 Å². The Morgan fingerprint density at radius 3 is 2.31 bits per heavy atom. The van der Waals surface area contributed by atoms with Crippen molar-refractivity contribution in [3.8, 4) is 5.69 Å². The molecule has 0 atom stereocenters. The Morgan fingerprint density at radius 2 is 1.78 bits per heavy atom. The van der Waals surface area contributed by atoms with Crippen molar-refractivity contribution in [3.63, 3.8) is 0 Å². The molecule has 0 aliphatic carbocycles. The summed E-state index contributed by atoms with van der Waals surface area (Å²) in [5.74, 6) is -6.11. The van der Waals surface area contributed by atoms with Crippen LogP contribution in [-0.4, -0.2) is 25.5 Å². The number of amides is 1. The second kappa shape index (κ2) is 8.59. The van der Waals surface area contributed by atoms with Crippen LogP contribution in [0.15, 0.2) is 24.5 Å². The summed E-state index contributed by atoms with van der Waals surface area (Å²) in [5, 5.41) is 8.58. The Kier molecular flexibility index (Phi) is 6.23. The quantitative estimate of drug-likeness (QED) is 0.513. The highest BCUT2D eigenvalue weighted by Gasteiger charge is 2.41. The molecule has 1 amide bonds. The van der Waals surface area contributed by atoms with E-state index in [1.54, 1.807) is 12.2 Å². The van der Waals surface area contributed by atoms with Crippen molar-refractivity contribution >= 4 is 11.6 Å². The number of nitrogens with zero attached hydrogens (tertiary/aromatic N) is 4. The van der Waals surface area contributed by atoms with E-state index in [2.05, 4.69) is 10.2 Å². The molecule has 0 aliphatic rings. The molecule has 1 aromatic carbocycles. The number of hydrogen-bond acceptors (Lipinski definition) is 3. The average molecular weight is 467 g/mol. The first-order valence-electron chi connectivity index (χ1n) is 8.91. The fourth-order valence-corrected chi connectivity index (χ4v) is 2.92. The van der Waals surface area contributed by atoms with Crippen LogP contribution in [0.25, 0.3) is 5.69 Å². The first-order chi connectivity index (χ1) is 14.9. The minimum Gasteiger partial charge on any atom is -0.319 e. The second-order valence-electron chi connectivity index (χ2n) is 6.48. The summed E-state index contributed by atoms with van der Waals surface area (Å²) in [4.78, 5) is 12.5. The van der Waals surface area contributed by atoms with Gasteiger partial charge in [0.2, 0.25) is 0 Å². The van der Waals surface area contributed by atoms with Gasteiger partial charge in [-0.3, -0.25) is 9.48 Å². The summed E-state index contributed by atoms with van der Waals surface area (Å²) in [5.41, 5.74) is -5.85. The van der Waals surface area contributed by atoms with Crippen molar-refractivity contribution in [2.75, 3.05) is 5.32 Å². The van der Waals surface area contributed by atoms with E-state index >= 15 is 0 Å². The molecule has 2 heterocycles. The molecule has 0 aliphatic heterocycles. The highest BCUT2D eigenvalue weighted by molar-refractivity contribution is 6.05. The maximum atomic E-state index is 14.0. The van der Waals surface area contributed by atoms with E-state index in [1.165, 1.54) is 0 Å². The monoisotopic (exact) mass is 467 g/mol. The van der Waals surface area contributed by atoms with Crippen LogP contribution in [0.3, 0.4) is 0 Å². The summed E-state index contributed by atoms with van der Waals surface area (Å²) in [6.45, 7) is 1.88. The van der Waals surface area contributed by atoms with Crippen LogP contribution in [0.4, 0.5) is 40.8 Å². The molecule has 32 heavy (non-hydrogen) atoms. The van der Waals surface area contributed by atoms with Crippen molar-refractivity contribution in [1.82, 2.24) is 19.6 Å². The Hall–Kier alpha value is -3.45. The lowest BCUT2D eigenvalue weighted by atomic mass is 10.2. The molecule has 0 unspecified atom stereocenters. The van der Waals surface area contributed by atoms with Crippen LogP contribution in [0.2, 0.25) is 0 Å². The molecule has 3 rings (SSSR count). The van der Waals surface area contributed by atoms with Crippen molar-refractivity contribution in [1.29, 1.82) is 0 Å². The van der Waals surface area contributed by atoms with Crippen LogP contribution in [0, 0.1) is 17.5 Å². The molecule has 0 bridgehead atoms. The van der Waals surface area contributed by atoms with E-state index < -0.39 is 64.3 Å². The van der Waals surface area contributed by atoms with E-state index in [0.29, 0.717) is 12.6 Å². The maximum Gasteiger partial charge on any atom is 0.435 e. The smallest absolute Gasteiger partial charge is 0.319 e. The number of alkyl halides is 5. The Bertz CT molecular complexity index is 1130. The van der Waals surface area contributed by atoms with Gasteiger partial charge in [0.05, 0.1) is 17.4 Å². The number of hydrogen-bond donors (Lipinski definition) is 1. The minimum atomic E-state index is -5.30. The molecule has 14 heteroatoms. The third-order valence-corrected chi connectivity index (χ3v) is 4.17. The summed E-state index contributed by atoms with van der Waals surface area (Å²) in [6, 6.07) is 0.297. The van der Waals surface area contributed by atoms with Gasteiger partial charge in [0, 0.05) is 24.9 Å². The molecule has 172 valence electrons. The Labute approximate surface area is 174 Å². The largest absolute Gasteiger partial charge is 0.435 e. The van der Waals surface area contributed by atoms with Crippen molar-refractivity contribution in [2.45, 2.75) is 32.5 Å². The molecule has 0 spiro atoms. The van der Waals surface area contributed by atoms with E-state index in [4.69, 9.17) is 0 Å². The molecule has 6 nitrogen and oxygen atoms in total. The highest BCUT2D eigenvalue weighted by atomic mass is 19.4. The number of nitrogens with one attached hydrogen (secondary N) is 1. The molecule has 2 aromatic heterocycles. The van der Waals surface area contributed by atoms with Crippen molar-refractivity contribution < 1.29 is 39.9 Å². The Morgan fingerprint density at radius 1 is 1.16 bits per heavy atom. The Balaban J connectivity index is 2.07. The fraction of sp³-hybridized carbons (Fsp3) is 0.278. The van der Waals surface area contributed by atoms with Gasteiger partial charge in [-0.1, -0.05) is 6.92 Å². The number of benzene rings is 1. The fourth-order valence-electron chi connectivity index (χ4n) is 2.92. The average Bonchev–Trinajstić information content (AvgIpc) is 3.25. The van der Waals surface area contributed by atoms with E-state index in [1.807, 2.05) is 0 Å². The first-order valence-corrected chi connectivity index (χ1v) is 8.91. The van der Waals surface area contributed by atoms with Crippen LogP contribution >= 0.6 is 0 Å².